The molecule has 0 bridgehead atoms. The van der Waals surface area contributed by atoms with E-state index in [9.17, 15) is 4.79 Å². The molecule has 2 unspecified atom stereocenters. The van der Waals surface area contributed by atoms with Crippen LogP contribution in [0.3, 0.4) is 0 Å². The molecule has 1 aliphatic rings. The molecule has 4 heteroatoms. The molecule has 1 aromatic heterocycles. The molecular formula is C9H11NO2S. The number of nitrogens with zero attached hydrogens (tertiary/aromatic N) is 1. The van der Waals surface area contributed by atoms with Gasteiger partial charge in [0.05, 0.1) is 17.1 Å². The van der Waals surface area contributed by atoms with E-state index in [4.69, 9.17) is 5.11 Å². The average molecular weight is 197 g/mol. The fourth-order valence-corrected chi connectivity index (χ4v) is 2.62. The summed E-state index contributed by atoms with van der Waals surface area (Å²) in [4.78, 5) is 15.0. The highest BCUT2D eigenvalue weighted by molar-refractivity contribution is 7.07. The molecule has 0 aliphatic heterocycles. The molecule has 2 rings (SSSR count). The molecule has 1 aromatic rings. The summed E-state index contributed by atoms with van der Waals surface area (Å²) in [7, 11) is 0. The third kappa shape index (κ3) is 1.16. The number of aliphatic carboxylic acids is 1. The van der Waals surface area contributed by atoms with E-state index in [1.807, 2.05) is 19.2 Å². The first-order valence-corrected chi connectivity index (χ1v) is 5.10. The fraction of sp³-hybridized carbons (Fsp3) is 0.556. The van der Waals surface area contributed by atoms with Gasteiger partial charge in [0.1, 0.15) is 0 Å². The topological polar surface area (TPSA) is 50.2 Å². The molecule has 0 saturated heterocycles. The van der Waals surface area contributed by atoms with E-state index in [-0.39, 0.29) is 17.3 Å². The Bertz CT molecular complexity index is 331. The number of thiazole rings is 1. The molecule has 2 atom stereocenters. The van der Waals surface area contributed by atoms with Gasteiger partial charge >= 0.3 is 5.97 Å². The number of hydrogen-bond acceptors (Lipinski definition) is 3. The number of aromatic nitrogens is 1. The molecule has 1 heterocycles. The monoisotopic (exact) mass is 197 g/mol. The Morgan fingerprint density at radius 2 is 2.38 bits per heavy atom. The van der Waals surface area contributed by atoms with Crippen LogP contribution in [0.1, 0.15) is 25.5 Å². The Morgan fingerprint density at radius 3 is 2.77 bits per heavy atom. The molecule has 1 saturated carbocycles. The summed E-state index contributed by atoms with van der Waals surface area (Å²) >= 11 is 1.52. The van der Waals surface area contributed by atoms with Crippen LogP contribution in [-0.4, -0.2) is 16.1 Å². The third-order valence-electron chi connectivity index (χ3n) is 2.86. The van der Waals surface area contributed by atoms with Crippen LogP contribution in [0.15, 0.2) is 10.9 Å². The molecule has 0 spiro atoms. The van der Waals surface area contributed by atoms with Crippen molar-refractivity contribution in [1.29, 1.82) is 0 Å². The minimum absolute atomic E-state index is 0.108. The van der Waals surface area contributed by atoms with Crippen LogP contribution >= 0.6 is 11.3 Å². The standard InChI is InChI=1S/C9H11NO2S/c1-9(2)6(7(9)8(11)12)5-3-13-4-10-5/h3-4,6-7H,1-2H3,(H,11,12). The van der Waals surface area contributed by atoms with Gasteiger partial charge in [0.15, 0.2) is 0 Å². The zero-order chi connectivity index (χ0) is 9.64. The van der Waals surface area contributed by atoms with Crippen LogP contribution in [-0.2, 0) is 4.79 Å². The van der Waals surface area contributed by atoms with Gasteiger partial charge in [0.2, 0.25) is 0 Å². The molecule has 3 nitrogen and oxygen atoms in total. The number of carbonyl (C=O) groups is 1. The van der Waals surface area contributed by atoms with Gasteiger partial charge in [-0.25, -0.2) is 4.98 Å². The van der Waals surface area contributed by atoms with Gasteiger partial charge in [-0.05, 0) is 5.41 Å². The summed E-state index contributed by atoms with van der Waals surface area (Å²) in [5.74, 6) is -0.853. The van der Waals surface area contributed by atoms with Crippen molar-refractivity contribution in [3.05, 3.63) is 16.6 Å². The summed E-state index contributed by atoms with van der Waals surface area (Å²) < 4.78 is 0. The molecule has 13 heavy (non-hydrogen) atoms. The lowest BCUT2D eigenvalue weighted by Gasteiger charge is -1.97. The smallest absolute Gasteiger partial charge is 0.307 e. The molecule has 0 amide bonds. The van der Waals surface area contributed by atoms with E-state index in [0.717, 1.165) is 5.69 Å². The summed E-state index contributed by atoms with van der Waals surface area (Å²) in [6.07, 6.45) is 0. The Balaban J connectivity index is 2.25. The predicted molar refractivity (Wildman–Crippen MR) is 49.8 cm³/mol. The lowest BCUT2D eigenvalue weighted by atomic mass is 10.1. The first-order chi connectivity index (χ1) is 6.05. The second kappa shape index (κ2) is 2.54. The number of carboxylic acid groups (broad SMARTS) is 1. The molecule has 0 radical (unpaired) electrons. The Labute approximate surface area is 80.4 Å². The molecule has 70 valence electrons. The predicted octanol–water partition coefficient (Wildman–Crippen LogP) is 1.97. The fourth-order valence-electron chi connectivity index (χ4n) is 2.03. The second-order valence-corrected chi connectivity index (χ2v) is 4.75. The quantitative estimate of drug-likeness (QED) is 0.788. The first kappa shape index (κ1) is 8.69. The Morgan fingerprint density at radius 1 is 1.69 bits per heavy atom. The van der Waals surface area contributed by atoms with E-state index in [1.54, 1.807) is 5.51 Å². The zero-order valence-corrected chi connectivity index (χ0v) is 8.34. The Kier molecular flexibility index (Phi) is 1.70. The number of carboxylic acids is 1. The molecular weight excluding hydrogens is 186 g/mol. The van der Waals surface area contributed by atoms with Crippen molar-refractivity contribution in [2.45, 2.75) is 19.8 Å². The number of hydrogen-bond donors (Lipinski definition) is 1. The van der Waals surface area contributed by atoms with Crippen molar-refractivity contribution in [2.24, 2.45) is 11.3 Å². The van der Waals surface area contributed by atoms with Crippen molar-refractivity contribution < 1.29 is 9.90 Å². The van der Waals surface area contributed by atoms with Crippen molar-refractivity contribution in [1.82, 2.24) is 4.98 Å². The van der Waals surface area contributed by atoms with Crippen LogP contribution in [0, 0.1) is 11.3 Å². The van der Waals surface area contributed by atoms with Gasteiger partial charge in [-0.1, -0.05) is 13.8 Å². The van der Waals surface area contributed by atoms with Crippen LogP contribution < -0.4 is 0 Å². The minimum Gasteiger partial charge on any atom is -0.481 e. The summed E-state index contributed by atoms with van der Waals surface area (Å²) in [6.45, 7) is 3.96. The second-order valence-electron chi connectivity index (χ2n) is 4.03. The van der Waals surface area contributed by atoms with Gasteiger partial charge in [0.25, 0.3) is 0 Å². The molecule has 0 aromatic carbocycles. The SMILES string of the molecule is CC1(C)C(C(=O)O)C1c1cscn1. The largest absolute Gasteiger partial charge is 0.481 e. The van der Waals surface area contributed by atoms with Gasteiger partial charge in [-0.15, -0.1) is 11.3 Å². The maximum Gasteiger partial charge on any atom is 0.307 e. The van der Waals surface area contributed by atoms with E-state index in [0.29, 0.717) is 0 Å². The third-order valence-corrected chi connectivity index (χ3v) is 3.47. The number of rotatable bonds is 2. The van der Waals surface area contributed by atoms with Crippen molar-refractivity contribution in [3.8, 4) is 0 Å². The van der Waals surface area contributed by atoms with Gasteiger partial charge in [-0.2, -0.15) is 0 Å². The van der Waals surface area contributed by atoms with Crippen LogP contribution in [0.25, 0.3) is 0 Å². The Hall–Kier alpha value is -0.900. The first-order valence-electron chi connectivity index (χ1n) is 4.16. The summed E-state index contributed by atoms with van der Waals surface area (Å²) in [5.41, 5.74) is 2.56. The maximum atomic E-state index is 10.9. The van der Waals surface area contributed by atoms with Crippen LogP contribution in [0.5, 0.6) is 0 Å². The zero-order valence-electron chi connectivity index (χ0n) is 7.52. The van der Waals surface area contributed by atoms with Crippen molar-refractivity contribution >= 4 is 17.3 Å². The lowest BCUT2D eigenvalue weighted by molar-refractivity contribution is -0.139. The normalized spacial score (nSPS) is 30.0. The highest BCUT2D eigenvalue weighted by atomic mass is 32.1. The van der Waals surface area contributed by atoms with E-state index < -0.39 is 5.97 Å². The molecule has 1 aliphatic carbocycles. The van der Waals surface area contributed by atoms with Crippen molar-refractivity contribution in [2.75, 3.05) is 0 Å². The summed E-state index contributed by atoms with van der Waals surface area (Å²) in [6, 6.07) is 0. The van der Waals surface area contributed by atoms with Gasteiger partial charge in [0, 0.05) is 11.3 Å². The minimum atomic E-state index is -0.706. The van der Waals surface area contributed by atoms with E-state index in [1.165, 1.54) is 11.3 Å². The maximum absolute atomic E-state index is 10.9. The van der Waals surface area contributed by atoms with E-state index in [2.05, 4.69) is 4.98 Å². The molecule has 1 N–H and O–H groups in total. The highest BCUT2D eigenvalue weighted by Crippen LogP contribution is 2.64. The molecule has 1 fully saturated rings. The van der Waals surface area contributed by atoms with Crippen LogP contribution in [0.4, 0.5) is 0 Å². The van der Waals surface area contributed by atoms with E-state index >= 15 is 0 Å². The summed E-state index contributed by atoms with van der Waals surface area (Å²) in [5, 5.41) is 10.9. The average Bonchev–Trinajstić information content (AvgIpc) is 2.50. The van der Waals surface area contributed by atoms with Gasteiger partial charge in [-0.3, -0.25) is 4.79 Å². The lowest BCUT2D eigenvalue weighted by Crippen LogP contribution is -2.03. The highest BCUT2D eigenvalue weighted by Gasteiger charge is 2.63. The van der Waals surface area contributed by atoms with Crippen LogP contribution in [0.2, 0.25) is 0 Å². The van der Waals surface area contributed by atoms with Gasteiger partial charge < -0.3 is 5.11 Å². The van der Waals surface area contributed by atoms with Crippen molar-refractivity contribution in [3.63, 3.8) is 0 Å².